The smallest absolute Gasteiger partial charge is 0.323 e. The number of aryl methyl sites for hydroxylation is 1. The van der Waals surface area contributed by atoms with E-state index in [1.807, 2.05) is 43.6 Å². The first-order chi connectivity index (χ1) is 21.1. The number of nitrogens with zero attached hydrogens (tertiary/aromatic N) is 9. The van der Waals surface area contributed by atoms with Crippen LogP contribution < -0.4 is 15.5 Å². The Kier molecular flexibility index (Phi) is 7.99. The van der Waals surface area contributed by atoms with Crippen molar-refractivity contribution in [3.8, 4) is 28.7 Å². The van der Waals surface area contributed by atoms with Crippen LogP contribution in [0.5, 0.6) is 0 Å². The number of anilines is 2. The minimum atomic E-state index is -0.219. The maximum Gasteiger partial charge on any atom is 0.323 e. The summed E-state index contributed by atoms with van der Waals surface area (Å²) in [6.07, 6.45) is 13.1. The second-order valence-corrected chi connectivity index (χ2v) is 10.4. The first-order valence-corrected chi connectivity index (χ1v) is 14.0. The second kappa shape index (κ2) is 12.5. The third-order valence-corrected chi connectivity index (χ3v) is 7.45. The summed E-state index contributed by atoms with van der Waals surface area (Å²) in [6, 6.07) is 13.5. The average Bonchev–Trinajstić information content (AvgIpc) is 3.74. The van der Waals surface area contributed by atoms with Gasteiger partial charge in [-0.05, 0) is 37.3 Å². The molecule has 5 aromatic rings. The van der Waals surface area contributed by atoms with Crippen molar-refractivity contribution < 1.29 is 4.79 Å². The van der Waals surface area contributed by atoms with E-state index in [2.05, 4.69) is 51.9 Å². The van der Waals surface area contributed by atoms with Gasteiger partial charge in [0.25, 0.3) is 0 Å². The van der Waals surface area contributed by atoms with Gasteiger partial charge >= 0.3 is 6.03 Å². The van der Waals surface area contributed by atoms with E-state index < -0.39 is 0 Å². The number of aromatic nitrogens is 8. The van der Waals surface area contributed by atoms with E-state index in [-0.39, 0.29) is 18.1 Å². The van der Waals surface area contributed by atoms with Crippen molar-refractivity contribution in [3.05, 3.63) is 84.7 Å². The molecule has 0 bridgehead atoms. The molecule has 1 fully saturated rings. The van der Waals surface area contributed by atoms with Crippen LogP contribution in [-0.4, -0.2) is 58.0 Å². The molecule has 0 unspecified atom stereocenters. The van der Waals surface area contributed by atoms with Crippen LogP contribution in [0.1, 0.15) is 36.8 Å². The Hall–Kier alpha value is -5.64. The van der Waals surface area contributed by atoms with E-state index in [9.17, 15) is 10.1 Å². The van der Waals surface area contributed by atoms with Gasteiger partial charge in [0, 0.05) is 43.6 Å². The van der Waals surface area contributed by atoms with Gasteiger partial charge in [0.05, 0.1) is 41.7 Å². The SMILES string of the molecule is Cn1cc(-c2cnc(N(C(=O)NCc3ccccc3)C3CCC(Nc4ncc(C#N)c(-c5ccn[nH]5)n4)CC3)cn2)cn1. The number of nitrogens with one attached hydrogen (secondary N) is 3. The van der Waals surface area contributed by atoms with E-state index in [4.69, 9.17) is 0 Å². The summed E-state index contributed by atoms with van der Waals surface area (Å²) >= 11 is 0. The molecule has 1 aliphatic carbocycles. The number of hydrogen-bond donors (Lipinski definition) is 3. The molecule has 6 rings (SSSR count). The highest BCUT2D eigenvalue weighted by atomic mass is 16.2. The number of H-pyrrole nitrogens is 1. The highest BCUT2D eigenvalue weighted by Crippen LogP contribution is 2.29. The average molecular weight is 575 g/mol. The Morgan fingerprint density at radius 3 is 2.58 bits per heavy atom. The van der Waals surface area contributed by atoms with Crippen molar-refractivity contribution in [3.63, 3.8) is 0 Å². The number of urea groups is 1. The normalized spacial score (nSPS) is 16.3. The van der Waals surface area contributed by atoms with E-state index >= 15 is 0 Å². The minimum Gasteiger partial charge on any atom is -0.351 e. The Morgan fingerprint density at radius 1 is 1.07 bits per heavy atom. The Morgan fingerprint density at radius 2 is 1.91 bits per heavy atom. The highest BCUT2D eigenvalue weighted by Gasteiger charge is 2.31. The third-order valence-electron chi connectivity index (χ3n) is 7.45. The van der Waals surface area contributed by atoms with Crippen LogP contribution in [0, 0.1) is 11.3 Å². The maximum absolute atomic E-state index is 13.6. The Bertz CT molecular complexity index is 1700. The molecule has 0 spiro atoms. The molecule has 0 aliphatic heterocycles. The van der Waals surface area contributed by atoms with Gasteiger partial charge in [-0.25, -0.2) is 19.7 Å². The molecule has 13 heteroatoms. The lowest BCUT2D eigenvalue weighted by Gasteiger charge is -2.36. The van der Waals surface area contributed by atoms with Crippen molar-refractivity contribution in [2.75, 3.05) is 10.2 Å². The molecule has 2 amide bonds. The molecule has 3 N–H and O–H groups in total. The molecular formula is C30H30N12O. The lowest BCUT2D eigenvalue weighted by atomic mass is 9.90. The van der Waals surface area contributed by atoms with Crippen LogP contribution >= 0.6 is 0 Å². The number of rotatable bonds is 8. The summed E-state index contributed by atoms with van der Waals surface area (Å²) in [7, 11) is 1.85. The fraction of sp³-hybridized carbons (Fsp3) is 0.267. The maximum atomic E-state index is 13.6. The van der Waals surface area contributed by atoms with Crippen LogP contribution in [0.3, 0.4) is 0 Å². The zero-order chi connectivity index (χ0) is 29.6. The first kappa shape index (κ1) is 27.5. The van der Waals surface area contributed by atoms with E-state index in [1.165, 1.54) is 6.20 Å². The molecule has 216 valence electrons. The predicted molar refractivity (Wildman–Crippen MR) is 159 cm³/mol. The van der Waals surface area contributed by atoms with Crippen LogP contribution in [-0.2, 0) is 13.6 Å². The van der Waals surface area contributed by atoms with Crippen LogP contribution in [0.25, 0.3) is 22.6 Å². The molecule has 0 radical (unpaired) electrons. The van der Waals surface area contributed by atoms with Gasteiger partial charge in [0.15, 0.2) is 5.82 Å². The summed E-state index contributed by atoms with van der Waals surface area (Å²) < 4.78 is 1.71. The molecular weight excluding hydrogens is 544 g/mol. The summed E-state index contributed by atoms with van der Waals surface area (Å²) in [5.41, 5.74) is 4.07. The van der Waals surface area contributed by atoms with Crippen molar-refractivity contribution in [2.45, 2.75) is 44.3 Å². The fourth-order valence-electron chi connectivity index (χ4n) is 5.25. The molecule has 1 saturated carbocycles. The van der Waals surface area contributed by atoms with Crippen molar-refractivity contribution >= 4 is 17.8 Å². The van der Waals surface area contributed by atoms with Gasteiger partial charge < -0.3 is 10.6 Å². The van der Waals surface area contributed by atoms with Crippen molar-refractivity contribution in [1.82, 2.24) is 45.2 Å². The van der Waals surface area contributed by atoms with Gasteiger partial charge in [-0.15, -0.1) is 0 Å². The number of amides is 2. The molecule has 0 saturated heterocycles. The Labute approximate surface area is 248 Å². The lowest BCUT2D eigenvalue weighted by Crippen LogP contribution is -2.49. The quantitative estimate of drug-likeness (QED) is 0.248. The molecule has 4 heterocycles. The number of hydrogen-bond acceptors (Lipinski definition) is 9. The Balaban J connectivity index is 1.16. The zero-order valence-corrected chi connectivity index (χ0v) is 23.6. The van der Waals surface area contributed by atoms with Gasteiger partial charge in [-0.1, -0.05) is 30.3 Å². The summed E-state index contributed by atoms with van der Waals surface area (Å²) in [4.78, 5) is 33.5. The number of nitriles is 1. The number of carbonyl (C=O) groups excluding carboxylic acids is 1. The number of aromatic amines is 1. The van der Waals surface area contributed by atoms with Crippen LogP contribution in [0.2, 0.25) is 0 Å². The molecule has 1 aromatic carbocycles. The number of benzene rings is 1. The second-order valence-electron chi connectivity index (χ2n) is 10.4. The fourth-order valence-corrected chi connectivity index (χ4v) is 5.25. The zero-order valence-electron chi connectivity index (χ0n) is 23.6. The van der Waals surface area contributed by atoms with Crippen molar-refractivity contribution in [2.24, 2.45) is 7.05 Å². The molecule has 43 heavy (non-hydrogen) atoms. The van der Waals surface area contributed by atoms with Crippen LogP contribution in [0.4, 0.5) is 16.6 Å². The van der Waals surface area contributed by atoms with Gasteiger partial charge in [0.2, 0.25) is 5.95 Å². The van der Waals surface area contributed by atoms with E-state index in [0.717, 1.165) is 36.8 Å². The topological polar surface area (TPSA) is 166 Å². The van der Waals surface area contributed by atoms with E-state index in [1.54, 1.807) is 40.4 Å². The molecule has 4 aromatic heterocycles. The van der Waals surface area contributed by atoms with Crippen molar-refractivity contribution in [1.29, 1.82) is 5.26 Å². The standard InChI is InChI=1S/C30H30N12O/c1-41-19-22(16-37-41)26-17-33-27(18-32-26)42(30(43)35-14-20-5-3-2-4-6-20)24-9-7-23(8-10-24)38-29-34-15-21(13-31)28(39-29)25-11-12-36-40-25/h2-6,11-12,15-19,23-24H,7-10,14H2,1H3,(H,35,43)(H,36,40)(H,34,38,39). The molecule has 13 nitrogen and oxygen atoms in total. The monoisotopic (exact) mass is 574 g/mol. The van der Waals surface area contributed by atoms with Crippen LogP contribution in [0.15, 0.2) is 73.6 Å². The molecule has 0 atom stereocenters. The first-order valence-electron chi connectivity index (χ1n) is 14.0. The molecule has 1 aliphatic rings. The van der Waals surface area contributed by atoms with Gasteiger partial charge in [-0.2, -0.15) is 15.5 Å². The third kappa shape index (κ3) is 6.33. The van der Waals surface area contributed by atoms with Gasteiger partial charge in [-0.3, -0.25) is 19.7 Å². The minimum absolute atomic E-state index is 0.0743. The number of carbonyl (C=O) groups is 1. The predicted octanol–water partition coefficient (Wildman–Crippen LogP) is 4.07. The van der Waals surface area contributed by atoms with Gasteiger partial charge in [0.1, 0.15) is 11.8 Å². The largest absolute Gasteiger partial charge is 0.351 e. The summed E-state index contributed by atoms with van der Waals surface area (Å²) in [6.45, 7) is 0.406. The summed E-state index contributed by atoms with van der Waals surface area (Å²) in [5.74, 6) is 0.940. The highest BCUT2D eigenvalue weighted by molar-refractivity contribution is 5.91. The van der Waals surface area contributed by atoms with E-state index in [0.29, 0.717) is 41.0 Å². The summed E-state index contributed by atoms with van der Waals surface area (Å²) in [5, 5.41) is 27.0. The lowest BCUT2D eigenvalue weighted by molar-refractivity contribution is 0.240.